The van der Waals surface area contributed by atoms with Crippen LogP contribution in [0.4, 0.5) is 5.82 Å². The summed E-state index contributed by atoms with van der Waals surface area (Å²) in [6.07, 6.45) is 7.56. The fourth-order valence-electron chi connectivity index (χ4n) is 3.50. The zero-order valence-electron chi connectivity index (χ0n) is 18.4. The number of aromatic nitrogens is 4. The molecular weight excluding hydrogens is 444 g/mol. The number of fused-ring (bicyclic) bond motifs is 1. The van der Waals surface area contributed by atoms with Crippen LogP contribution in [0.1, 0.15) is 21.7 Å². The van der Waals surface area contributed by atoms with Gasteiger partial charge in [0, 0.05) is 34.6 Å². The van der Waals surface area contributed by atoms with E-state index >= 15 is 0 Å². The Bertz CT molecular complexity index is 1470. The summed E-state index contributed by atoms with van der Waals surface area (Å²) in [6, 6.07) is 23.3. The van der Waals surface area contributed by atoms with Gasteiger partial charge in [0.2, 0.25) is 0 Å². The standard InChI is InChI=1S/C26H22N6OS/c1-32-16-6-10-25(32)30-31-26(33)21-8-2-3-9-24(21)34-19-12-13-20-22(28-29-23(20)17-19)14-11-18-7-4-5-15-27-18/h2-17,30H,1H3,(H,28,29)(H,31,33)/b14-11+. The van der Waals surface area contributed by atoms with E-state index < -0.39 is 0 Å². The largest absolute Gasteiger partial charge is 0.337 e. The Labute approximate surface area is 200 Å². The van der Waals surface area contributed by atoms with Gasteiger partial charge in [0.05, 0.1) is 22.5 Å². The summed E-state index contributed by atoms with van der Waals surface area (Å²) in [5.74, 6) is 0.602. The Morgan fingerprint density at radius 2 is 1.91 bits per heavy atom. The van der Waals surface area contributed by atoms with Crippen LogP contribution in [0.15, 0.2) is 95.0 Å². The molecule has 3 aromatic heterocycles. The second kappa shape index (κ2) is 9.68. The minimum atomic E-state index is -0.200. The molecule has 0 fully saturated rings. The van der Waals surface area contributed by atoms with Crippen molar-refractivity contribution >= 4 is 46.5 Å². The summed E-state index contributed by atoms with van der Waals surface area (Å²) in [5, 5.41) is 8.56. The molecule has 1 amide bonds. The molecule has 0 saturated carbocycles. The molecule has 3 heterocycles. The number of hydrazine groups is 1. The third kappa shape index (κ3) is 4.72. The van der Waals surface area contributed by atoms with Crippen molar-refractivity contribution in [2.24, 2.45) is 7.05 Å². The topological polar surface area (TPSA) is 87.6 Å². The predicted molar refractivity (Wildman–Crippen MR) is 136 cm³/mol. The first kappa shape index (κ1) is 21.5. The fourth-order valence-corrected chi connectivity index (χ4v) is 4.48. The number of carbonyl (C=O) groups is 1. The highest BCUT2D eigenvalue weighted by Crippen LogP contribution is 2.33. The van der Waals surface area contributed by atoms with Crippen LogP contribution in [0.2, 0.25) is 0 Å². The second-order valence-corrected chi connectivity index (χ2v) is 8.70. The minimum Gasteiger partial charge on any atom is -0.337 e. The summed E-state index contributed by atoms with van der Waals surface area (Å²) < 4.78 is 1.89. The number of anilines is 1. The lowest BCUT2D eigenvalue weighted by atomic mass is 10.2. The van der Waals surface area contributed by atoms with Gasteiger partial charge < -0.3 is 4.57 Å². The number of rotatable bonds is 7. The van der Waals surface area contributed by atoms with Crippen LogP contribution in [0.5, 0.6) is 0 Å². The molecule has 168 valence electrons. The van der Waals surface area contributed by atoms with Crippen LogP contribution >= 0.6 is 11.8 Å². The first-order valence-corrected chi connectivity index (χ1v) is 11.5. The van der Waals surface area contributed by atoms with Crippen molar-refractivity contribution < 1.29 is 4.79 Å². The van der Waals surface area contributed by atoms with Crippen LogP contribution in [0.3, 0.4) is 0 Å². The van der Waals surface area contributed by atoms with Gasteiger partial charge in [0.15, 0.2) is 0 Å². The third-order valence-corrected chi connectivity index (χ3v) is 6.34. The van der Waals surface area contributed by atoms with Crippen molar-refractivity contribution in [2.45, 2.75) is 9.79 Å². The lowest BCUT2D eigenvalue weighted by molar-refractivity contribution is 0.0959. The van der Waals surface area contributed by atoms with Crippen LogP contribution in [-0.4, -0.2) is 25.7 Å². The van der Waals surface area contributed by atoms with Crippen molar-refractivity contribution in [1.82, 2.24) is 25.2 Å². The van der Waals surface area contributed by atoms with E-state index in [0.717, 1.165) is 37.9 Å². The van der Waals surface area contributed by atoms with Crippen LogP contribution < -0.4 is 10.9 Å². The fraction of sp³-hybridized carbons (Fsp3) is 0.0385. The maximum absolute atomic E-state index is 12.8. The molecule has 0 aliphatic carbocycles. The number of nitrogens with one attached hydrogen (secondary N) is 3. The Morgan fingerprint density at radius 1 is 1.03 bits per heavy atom. The predicted octanol–water partition coefficient (Wildman–Crippen LogP) is 5.37. The molecule has 7 nitrogen and oxygen atoms in total. The number of nitrogens with zero attached hydrogens (tertiary/aromatic N) is 3. The quantitative estimate of drug-likeness (QED) is 0.281. The zero-order chi connectivity index (χ0) is 23.3. The van der Waals surface area contributed by atoms with Crippen molar-refractivity contribution in [3.63, 3.8) is 0 Å². The van der Waals surface area contributed by atoms with Gasteiger partial charge >= 0.3 is 0 Å². The Morgan fingerprint density at radius 3 is 2.74 bits per heavy atom. The Kier molecular flexibility index (Phi) is 6.13. The minimum absolute atomic E-state index is 0.200. The normalized spacial score (nSPS) is 11.2. The number of hydrogen-bond donors (Lipinski definition) is 3. The summed E-state index contributed by atoms with van der Waals surface area (Å²) in [6.45, 7) is 0. The van der Waals surface area contributed by atoms with Gasteiger partial charge in [0.1, 0.15) is 5.82 Å². The molecule has 5 rings (SSSR count). The van der Waals surface area contributed by atoms with Gasteiger partial charge in [0.25, 0.3) is 5.91 Å². The maximum Gasteiger partial charge on any atom is 0.270 e. The number of benzene rings is 2. The monoisotopic (exact) mass is 466 g/mol. The number of H-pyrrole nitrogens is 1. The number of aryl methyl sites for hydroxylation is 1. The molecule has 0 bridgehead atoms. The number of carbonyl (C=O) groups excluding carboxylic acids is 1. The Hall–Kier alpha value is -4.30. The number of pyridine rings is 1. The highest BCUT2D eigenvalue weighted by atomic mass is 32.2. The summed E-state index contributed by atoms with van der Waals surface area (Å²) in [4.78, 5) is 19.0. The highest BCUT2D eigenvalue weighted by Gasteiger charge is 2.13. The molecule has 3 N–H and O–H groups in total. The Balaban J connectivity index is 1.33. The smallest absolute Gasteiger partial charge is 0.270 e. The third-order valence-electron chi connectivity index (χ3n) is 5.27. The highest BCUT2D eigenvalue weighted by molar-refractivity contribution is 7.99. The van der Waals surface area contributed by atoms with Crippen LogP contribution in [-0.2, 0) is 7.05 Å². The van der Waals surface area contributed by atoms with Crippen molar-refractivity contribution in [3.8, 4) is 0 Å². The molecule has 2 aromatic carbocycles. The van der Waals surface area contributed by atoms with E-state index in [0.29, 0.717) is 5.56 Å². The van der Waals surface area contributed by atoms with E-state index in [-0.39, 0.29) is 5.91 Å². The second-order valence-electron chi connectivity index (χ2n) is 7.59. The van der Waals surface area contributed by atoms with E-state index in [2.05, 4.69) is 26.0 Å². The van der Waals surface area contributed by atoms with Gasteiger partial charge in [-0.1, -0.05) is 30.0 Å². The van der Waals surface area contributed by atoms with E-state index in [9.17, 15) is 4.79 Å². The van der Waals surface area contributed by atoms with Crippen molar-refractivity contribution in [1.29, 1.82) is 0 Å². The van der Waals surface area contributed by atoms with Gasteiger partial charge in [-0.05, 0) is 66.7 Å². The molecule has 0 spiro atoms. The molecule has 0 atom stereocenters. The first-order valence-electron chi connectivity index (χ1n) is 10.7. The van der Waals surface area contributed by atoms with E-state index in [1.807, 2.05) is 103 Å². The SMILES string of the molecule is Cn1cccc1NNC(=O)c1ccccc1Sc1ccc2c(/C=C/c3ccccn3)n[nH]c2c1. The lowest BCUT2D eigenvalue weighted by Gasteiger charge is -2.12. The van der Waals surface area contributed by atoms with Crippen LogP contribution in [0, 0.1) is 0 Å². The van der Waals surface area contributed by atoms with Crippen molar-refractivity contribution in [2.75, 3.05) is 5.43 Å². The zero-order valence-corrected chi connectivity index (χ0v) is 19.2. The van der Waals surface area contributed by atoms with Gasteiger partial charge in [-0.3, -0.25) is 25.7 Å². The summed E-state index contributed by atoms with van der Waals surface area (Å²) in [5.41, 5.74) is 8.99. The van der Waals surface area contributed by atoms with E-state index in [4.69, 9.17) is 0 Å². The first-order chi connectivity index (χ1) is 16.7. The molecule has 8 heteroatoms. The summed E-state index contributed by atoms with van der Waals surface area (Å²) >= 11 is 1.53. The molecule has 0 aliphatic rings. The average Bonchev–Trinajstić information content (AvgIpc) is 3.47. The van der Waals surface area contributed by atoms with Crippen molar-refractivity contribution in [3.05, 3.63) is 102 Å². The van der Waals surface area contributed by atoms with Crippen LogP contribution in [0.25, 0.3) is 23.1 Å². The molecule has 34 heavy (non-hydrogen) atoms. The number of aromatic amines is 1. The molecule has 0 radical (unpaired) electrons. The molecule has 0 saturated heterocycles. The van der Waals surface area contributed by atoms with Gasteiger partial charge in [-0.25, -0.2) is 0 Å². The number of hydrogen-bond acceptors (Lipinski definition) is 5. The molecule has 5 aromatic rings. The average molecular weight is 467 g/mol. The van der Waals surface area contributed by atoms with E-state index in [1.54, 1.807) is 6.20 Å². The molecule has 0 unspecified atom stereocenters. The lowest BCUT2D eigenvalue weighted by Crippen LogP contribution is -2.30. The maximum atomic E-state index is 12.8. The van der Waals surface area contributed by atoms with Gasteiger partial charge in [-0.15, -0.1) is 0 Å². The van der Waals surface area contributed by atoms with Gasteiger partial charge in [-0.2, -0.15) is 5.10 Å². The molecular formula is C26H22N6OS. The molecule has 0 aliphatic heterocycles. The summed E-state index contributed by atoms with van der Waals surface area (Å²) in [7, 11) is 1.91. The number of amides is 1. The van der Waals surface area contributed by atoms with E-state index in [1.165, 1.54) is 11.8 Å².